The van der Waals surface area contributed by atoms with E-state index in [1.54, 1.807) is 0 Å². The van der Waals surface area contributed by atoms with Crippen molar-refractivity contribution < 1.29 is 0 Å². The van der Waals surface area contributed by atoms with Gasteiger partial charge >= 0.3 is 0 Å². The van der Waals surface area contributed by atoms with Crippen molar-refractivity contribution in [2.45, 2.75) is 53.5 Å². The molecule has 2 rings (SSSR count). The fourth-order valence-electron chi connectivity index (χ4n) is 2.96. The predicted octanol–water partition coefficient (Wildman–Crippen LogP) is 3.16. The predicted molar refractivity (Wildman–Crippen MR) is 88.5 cm³/mol. The topological polar surface area (TPSA) is 41.1 Å². The lowest BCUT2D eigenvalue weighted by molar-refractivity contribution is 0.529. The van der Waals surface area contributed by atoms with E-state index in [0.717, 1.165) is 43.7 Å². The van der Waals surface area contributed by atoms with Gasteiger partial charge in [0.15, 0.2) is 0 Å². The number of hydrogen-bond donors (Lipinski definition) is 1. The van der Waals surface area contributed by atoms with Crippen molar-refractivity contribution in [3.8, 4) is 0 Å². The van der Waals surface area contributed by atoms with E-state index in [-0.39, 0.29) is 0 Å². The summed E-state index contributed by atoms with van der Waals surface area (Å²) in [5.74, 6) is 2.41. The summed E-state index contributed by atoms with van der Waals surface area (Å²) < 4.78 is 0. The molecule has 1 saturated heterocycles. The summed E-state index contributed by atoms with van der Waals surface area (Å²) in [6.07, 6.45) is 5.89. The first-order valence-corrected chi connectivity index (χ1v) is 8.38. The average Bonchev–Trinajstić information content (AvgIpc) is 2.89. The van der Waals surface area contributed by atoms with Crippen molar-refractivity contribution in [1.29, 1.82) is 0 Å². The second-order valence-corrected chi connectivity index (χ2v) is 6.69. The van der Waals surface area contributed by atoms with Gasteiger partial charge < -0.3 is 10.2 Å². The molecule has 0 spiro atoms. The lowest BCUT2D eigenvalue weighted by Crippen LogP contribution is -2.24. The van der Waals surface area contributed by atoms with Gasteiger partial charge in [-0.1, -0.05) is 27.2 Å². The van der Waals surface area contributed by atoms with Crippen molar-refractivity contribution in [3.63, 3.8) is 0 Å². The number of rotatable bonds is 7. The fourth-order valence-corrected chi connectivity index (χ4v) is 2.96. The third-order valence-corrected chi connectivity index (χ3v) is 4.20. The number of aromatic nitrogens is 2. The number of nitrogens with zero attached hydrogens (tertiary/aromatic N) is 3. The molecule has 0 bridgehead atoms. The second-order valence-electron chi connectivity index (χ2n) is 6.69. The largest absolute Gasteiger partial charge is 0.341 e. The van der Waals surface area contributed by atoms with E-state index in [1.807, 2.05) is 6.20 Å². The zero-order valence-electron chi connectivity index (χ0n) is 14.0. The molecule has 1 fully saturated rings. The second kappa shape index (κ2) is 7.74. The number of hydrogen-bond acceptors (Lipinski definition) is 4. The Balaban J connectivity index is 1.93. The van der Waals surface area contributed by atoms with Gasteiger partial charge in [0.05, 0.1) is 0 Å². The van der Waals surface area contributed by atoms with E-state index in [4.69, 9.17) is 4.98 Å². The van der Waals surface area contributed by atoms with Crippen LogP contribution in [0.1, 0.15) is 51.3 Å². The van der Waals surface area contributed by atoms with Gasteiger partial charge in [0, 0.05) is 37.1 Å². The van der Waals surface area contributed by atoms with Crippen LogP contribution in [-0.4, -0.2) is 29.6 Å². The number of anilines is 1. The smallest absolute Gasteiger partial charge is 0.225 e. The van der Waals surface area contributed by atoms with Gasteiger partial charge in [-0.2, -0.15) is 0 Å². The van der Waals surface area contributed by atoms with Crippen LogP contribution in [0.2, 0.25) is 0 Å². The molecule has 0 radical (unpaired) electrons. The third-order valence-electron chi connectivity index (χ3n) is 4.20. The van der Waals surface area contributed by atoms with Gasteiger partial charge in [0.25, 0.3) is 0 Å². The molecule has 0 saturated carbocycles. The average molecular weight is 290 g/mol. The standard InChI is InChI=1S/C17H30N4/c1-5-6-15-7-8-21(12-15)17-19-11-16(14(4)20-17)10-18-9-13(2)3/h11,13,15,18H,5-10,12H2,1-4H3. The quantitative estimate of drug-likeness (QED) is 0.837. The molecule has 1 aliphatic heterocycles. The Morgan fingerprint density at radius 1 is 1.43 bits per heavy atom. The highest BCUT2D eigenvalue weighted by Gasteiger charge is 2.23. The lowest BCUT2D eigenvalue weighted by atomic mass is 10.0. The molecule has 0 amide bonds. The Morgan fingerprint density at radius 3 is 2.90 bits per heavy atom. The highest BCUT2D eigenvalue weighted by molar-refractivity contribution is 5.34. The summed E-state index contributed by atoms with van der Waals surface area (Å²) in [5, 5.41) is 3.46. The first-order chi connectivity index (χ1) is 10.1. The maximum absolute atomic E-state index is 4.72. The van der Waals surface area contributed by atoms with Crippen molar-refractivity contribution in [3.05, 3.63) is 17.5 Å². The van der Waals surface area contributed by atoms with Crippen LogP contribution >= 0.6 is 0 Å². The highest BCUT2D eigenvalue weighted by atomic mass is 15.3. The van der Waals surface area contributed by atoms with Crippen LogP contribution in [0.25, 0.3) is 0 Å². The van der Waals surface area contributed by atoms with Crippen LogP contribution in [0.3, 0.4) is 0 Å². The van der Waals surface area contributed by atoms with E-state index in [2.05, 4.69) is 42.9 Å². The molecule has 1 aromatic heterocycles. The fraction of sp³-hybridized carbons (Fsp3) is 0.765. The van der Waals surface area contributed by atoms with Gasteiger partial charge in [-0.25, -0.2) is 9.97 Å². The third kappa shape index (κ3) is 4.67. The minimum absolute atomic E-state index is 0.672. The van der Waals surface area contributed by atoms with Crippen LogP contribution in [0, 0.1) is 18.8 Å². The molecule has 0 aliphatic carbocycles. The number of aryl methyl sites for hydroxylation is 1. The van der Waals surface area contributed by atoms with Crippen molar-refractivity contribution in [2.75, 3.05) is 24.5 Å². The molecule has 0 aromatic carbocycles. The van der Waals surface area contributed by atoms with Crippen molar-refractivity contribution >= 4 is 5.95 Å². The van der Waals surface area contributed by atoms with E-state index in [1.165, 1.54) is 24.8 Å². The molecule has 2 heterocycles. The SMILES string of the molecule is CCCC1CCN(c2ncc(CNCC(C)C)c(C)n2)C1. The summed E-state index contributed by atoms with van der Waals surface area (Å²) in [6, 6.07) is 0. The molecule has 4 heteroatoms. The lowest BCUT2D eigenvalue weighted by Gasteiger charge is -2.18. The normalized spacial score (nSPS) is 18.7. The molecule has 1 N–H and O–H groups in total. The Kier molecular flexibility index (Phi) is 5.97. The number of nitrogens with one attached hydrogen (secondary N) is 1. The molecule has 1 atom stereocenters. The Hall–Kier alpha value is -1.16. The van der Waals surface area contributed by atoms with Gasteiger partial charge in [0.1, 0.15) is 0 Å². The Bertz CT molecular complexity index is 444. The molecule has 1 aliphatic rings. The molecule has 1 aromatic rings. The molecule has 118 valence electrons. The molecular formula is C17H30N4. The van der Waals surface area contributed by atoms with Gasteiger partial charge in [-0.05, 0) is 38.1 Å². The summed E-state index contributed by atoms with van der Waals surface area (Å²) in [7, 11) is 0. The summed E-state index contributed by atoms with van der Waals surface area (Å²) in [5.41, 5.74) is 2.32. The minimum Gasteiger partial charge on any atom is -0.341 e. The van der Waals surface area contributed by atoms with Crippen molar-refractivity contribution in [1.82, 2.24) is 15.3 Å². The summed E-state index contributed by atoms with van der Waals surface area (Å²) >= 11 is 0. The van der Waals surface area contributed by atoms with Crippen molar-refractivity contribution in [2.24, 2.45) is 11.8 Å². The molecular weight excluding hydrogens is 260 g/mol. The maximum Gasteiger partial charge on any atom is 0.225 e. The van der Waals surface area contributed by atoms with Gasteiger partial charge in [-0.15, -0.1) is 0 Å². The van der Waals surface area contributed by atoms with E-state index >= 15 is 0 Å². The van der Waals surface area contributed by atoms with Crippen LogP contribution in [-0.2, 0) is 6.54 Å². The molecule has 4 nitrogen and oxygen atoms in total. The molecule has 1 unspecified atom stereocenters. The zero-order chi connectivity index (χ0) is 15.2. The van der Waals surface area contributed by atoms with Gasteiger partial charge in [0.2, 0.25) is 5.95 Å². The minimum atomic E-state index is 0.672. The van der Waals surface area contributed by atoms with E-state index < -0.39 is 0 Å². The first-order valence-electron chi connectivity index (χ1n) is 8.38. The van der Waals surface area contributed by atoms with Crippen LogP contribution < -0.4 is 10.2 Å². The van der Waals surface area contributed by atoms with E-state index in [9.17, 15) is 0 Å². The van der Waals surface area contributed by atoms with Crippen LogP contribution in [0.4, 0.5) is 5.95 Å². The monoisotopic (exact) mass is 290 g/mol. The summed E-state index contributed by atoms with van der Waals surface area (Å²) in [4.78, 5) is 11.7. The Labute approximate surface area is 129 Å². The maximum atomic E-state index is 4.72. The first kappa shape index (κ1) is 16.2. The Morgan fingerprint density at radius 2 is 2.24 bits per heavy atom. The highest BCUT2D eigenvalue weighted by Crippen LogP contribution is 2.24. The van der Waals surface area contributed by atoms with E-state index in [0.29, 0.717) is 5.92 Å². The van der Waals surface area contributed by atoms with Crippen LogP contribution in [0.5, 0.6) is 0 Å². The zero-order valence-corrected chi connectivity index (χ0v) is 14.0. The van der Waals surface area contributed by atoms with Crippen LogP contribution in [0.15, 0.2) is 6.20 Å². The summed E-state index contributed by atoms with van der Waals surface area (Å²) in [6.45, 7) is 12.9. The molecule has 21 heavy (non-hydrogen) atoms. The van der Waals surface area contributed by atoms with Gasteiger partial charge in [-0.3, -0.25) is 0 Å².